The molecule has 0 saturated heterocycles. The van der Waals surface area contributed by atoms with Gasteiger partial charge in [0.2, 0.25) is 11.8 Å². The standard InChI is InChI=1S/C13H14N2O5S/c1-7(21(2,19)20)13(18)8-3-4-9-10(5-8)15-12(17)6-11(16)14-9/h3-5,7H,6H2,1-2H3,(H,14,16)(H,15,17). The molecule has 1 aliphatic rings. The van der Waals surface area contributed by atoms with E-state index in [4.69, 9.17) is 0 Å². The number of amides is 2. The van der Waals surface area contributed by atoms with Gasteiger partial charge in [0.1, 0.15) is 11.7 Å². The highest BCUT2D eigenvalue weighted by Crippen LogP contribution is 2.26. The van der Waals surface area contributed by atoms with Gasteiger partial charge in [-0.25, -0.2) is 8.42 Å². The number of carbonyl (C=O) groups excluding carboxylic acids is 3. The zero-order chi connectivity index (χ0) is 15.8. The third kappa shape index (κ3) is 3.27. The predicted octanol–water partition coefficient (Wildman–Crippen LogP) is 0.583. The van der Waals surface area contributed by atoms with Crippen LogP contribution in [0.1, 0.15) is 23.7 Å². The maximum atomic E-state index is 12.1. The fraction of sp³-hybridized carbons (Fsp3) is 0.308. The molecule has 1 heterocycles. The highest BCUT2D eigenvalue weighted by molar-refractivity contribution is 7.92. The molecule has 8 heteroatoms. The molecule has 0 aromatic heterocycles. The summed E-state index contributed by atoms with van der Waals surface area (Å²) in [5.41, 5.74) is 0.801. The van der Waals surface area contributed by atoms with Gasteiger partial charge in [-0.05, 0) is 25.1 Å². The summed E-state index contributed by atoms with van der Waals surface area (Å²) in [6, 6.07) is 4.24. The summed E-state index contributed by atoms with van der Waals surface area (Å²) >= 11 is 0. The monoisotopic (exact) mass is 310 g/mol. The SMILES string of the molecule is CC(C(=O)c1ccc2c(c1)NC(=O)CC(=O)N2)S(C)(=O)=O. The first kappa shape index (κ1) is 15.2. The summed E-state index contributed by atoms with van der Waals surface area (Å²) in [6.07, 6.45) is 0.679. The summed E-state index contributed by atoms with van der Waals surface area (Å²) in [5, 5.41) is 3.85. The Morgan fingerprint density at radius 3 is 2.29 bits per heavy atom. The first-order chi connectivity index (χ1) is 9.68. The Kier molecular flexibility index (Phi) is 3.82. The molecule has 1 aromatic rings. The average Bonchev–Trinajstić information content (AvgIpc) is 2.51. The number of hydrogen-bond donors (Lipinski definition) is 2. The van der Waals surface area contributed by atoms with E-state index in [2.05, 4.69) is 10.6 Å². The maximum absolute atomic E-state index is 12.1. The van der Waals surface area contributed by atoms with E-state index < -0.39 is 32.7 Å². The van der Waals surface area contributed by atoms with Crippen LogP contribution in [0.2, 0.25) is 0 Å². The van der Waals surface area contributed by atoms with Crippen LogP contribution in [0.15, 0.2) is 18.2 Å². The molecule has 0 bridgehead atoms. The second-order valence-corrected chi connectivity index (χ2v) is 7.24. The van der Waals surface area contributed by atoms with Crippen molar-refractivity contribution in [1.82, 2.24) is 0 Å². The van der Waals surface area contributed by atoms with E-state index in [0.29, 0.717) is 5.69 Å². The molecule has 0 saturated carbocycles. The summed E-state index contributed by atoms with van der Waals surface area (Å²) in [6.45, 7) is 1.31. The number of rotatable bonds is 3. The van der Waals surface area contributed by atoms with Crippen molar-refractivity contribution >= 4 is 38.8 Å². The number of hydrogen-bond acceptors (Lipinski definition) is 5. The second-order valence-electron chi connectivity index (χ2n) is 4.87. The molecule has 112 valence electrons. The van der Waals surface area contributed by atoms with E-state index in [1.807, 2.05) is 0 Å². The van der Waals surface area contributed by atoms with Crippen molar-refractivity contribution in [2.45, 2.75) is 18.6 Å². The fourth-order valence-electron chi connectivity index (χ4n) is 1.87. The van der Waals surface area contributed by atoms with E-state index in [-0.39, 0.29) is 17.7 Å². The van der Waals surface area contributed by atoms with Crippen LogP contribution in [-0.4, -0.2) is 37.5 Å². The molecule has 0 spiro atoms. The first-order valence-corrected chi connectivity index (χ1v) is 8.11. The smallest absolute Gasteiger partial charge is 0.233 e. The lowest BCUT2D eigenvalue weighted by Crippen LogP contribution is -2.26. The quantitative estimate of drug-likeness (QED) is 0.627. The number of nitrogens with one attached hydrogen (secondary N) is 2. The minimum atomic E-state index is -3.50. The highest BCUT2D eigenvalue weighted by Gasteiger charge is 2.26. The average molecular weight is 310 g/mol. The van der Waals surface area contributed by atoms with Crippen molar-refractivity contribution in [3.8, 4) is 0 Å². The Balaban J connectivity index is 2.39. The number of ketones is 1. The molecule has 21 heavy (non-hydrogen) atoms. The van der Waals surface area contributed by atoms with Gasteiger partial charge in [0, 0.05) is 11.8 Å². The van der Waals surface area contributed by atoms with Crippen LogP contribution in [-0.2, 0) is 19.4 Å². The van der Waals surface area contributed by atoms with Gasteiger partial charge in [-0.3, -0.25) is 14.4 Å². The van der Waals surface area contributed by atoms with Crippen LogP contribution in [0, 0.1) is 0 Å². The molecule has 2 amide bonds. The number of Topliss-reactive ketones (excluding diaryl/α,β-unsaturated/α-hetero) is 1. The van der Waals surface area contributed by atoms with E-state index in [0.717, 1.165) is 6.26 Å². The molecule has 2 rings (SSSR count). The Morgan fingerprint density at radius 2 is 1.71 bits per heavy atom. The predicted molar refractivity (Wildman–Crippen MR) is 77.0 cm³/mol. The normalized spacial score (nSPS) is 16.3. The molecular formula is C13H14N2O5S. The number of sulfone groups is 1. The lowest BCUT2D eigenvalue weighted by Gasteiger charge is -2.12. The number of carbonyl (C=O) groups is 3. The Labute approximate surface area is 121 Å². The molecule has 1 aromatic carbocycles. The van der Waals surface area contributed by atoms with Crippen molar-refractivity contribution in [2.75, 3.05) is 16.9 Å². The van der Waals surface area contributed by atoms with Gasteiger partial charge in [-0.15, -0.1) is 0 Å². The summed E-state index contributed by atoms with van der Waals surface area (Å²) in [7, 11) is -3.50. The third-order valence-electron chi connectivity index (χ3n) is 3.18. The molecule has 1 atom stereocenters. The number of benzene rings is 1. The number of anilines is 2. The second kappa shape index (κ2) is 5.28. The zero-order valence-corrected chi connectivity index (χ0v) is 12.3. The highest BCUT2D eigenvalue weighted by atomic mass is 32.2. The molecule has 2 N–H and O–H groups in total. The summed E-state index contributed by atoms with van der Waals surface area (Å²) in [4.78, 5) is 35.0. The van der Waals surface area contributed by atoms with Gasteiger partial charge in [0.25, 0.3) is 0 Å². The van der Waals surface area contributed by atoms with E-state index in [9.17, 15) is 22.8 Å². The van der Waals surface area contributed by atoms with Crippen LogP contribution in [0.5, 0.6) is 0 Å². The van der Waals surface area contributed by atoms with E-state index in [1.54, 1.807) is 0 Å². The van der Waals surface area contributed by atoms with Crippen LogP contribution in [0.3, 0.4) is 0 Å². The lowest BCUT2D eigenvalue weighted by molar-refractivity contribution is -0.123. The van der Waals surface area contributed by atoms with Crippen LogP contribution in [0.25, 0.3) is 0 Å². The molecule has 7 nitrogen and oxygen atoms in total. The van der Waals surface area contributed by atoms with Gasteiger partial charge in [0.05, 0.1) is 11.4 Å². The number of fused-ring (bicyclic) bond motifs is 1. The Bertz CT molecular complexity index is 739. The zero-order valence-electron chi connectivity index (χ0n) is 11.5. The van der Waals surface area contributed by atoms with Gasteiger partial charge >= 0.3 is 0 Å². The maximum Gasteiger partial charge on any atom is 0.233 e. The lowest BCUT2D eigenvalue weighted by atomic mass is 10.1. The van der Waals surface area contributed by atoms with Crippen molar-refractivity contribution < 1.29 is 22.8 Å². The fourth-order valence-corrected chi connectivity index (χ4v) is 2.40. The van der Waals surface area contributed by atoms with Gasteiger partial charge in [0.15, 0.2) is 15.6 Å². The largest absolute Gasteiger partial charge is 0.324 e. The molecular weight excluding hydrogens is 296 g/mol. The first-order valence-electron chi connectivity index (χ1n) is 6.15. The van der Waals surface area contributed by atoms with Gasteiger partial charge in [-0.1, -0.05) is 0 Å². The molecule has 0 fully saturated rings. The summed E-state index contributed by atoms with van der Waals surface area (Å²) < 4.78 is 22.9. The topological polar surface area (TPSA) is 109 Å². The minimum Gasteiger partial charge on any atom is -0.324 e. The molecule has 1 aliphatic heterocycles. The van der Waals surface area contributed by atoms with E-state index in [1.165, 1.54) is 25.1 Å². The van der Waals surface area contributed by atoms with Gasteiger partial charge < -0.3 is 10.6 Å². The van der Waals surface area contributed by atoms with Crippen LogP contribution >= 0.6 is 0 Å². The van der Waals surface area contributed by atoms with Gasteiger partial charge in [-0.2, -0.15) is 0 Å². The Morgan fingerprint density at radius 1 is 1.14 bits per heavy atom. The van der Waals surface area contributed by atoms with Crippen molar-refractivity contribution in [1.29, 1.82) is 0 Å². The molecule has 0 aliphatic carbocycles. The molecule has 1 unspecified atom stereocenters. The van der Waals surface area contributed by atoms with Crippen LogP contribution < -0.4 is 10.6 Å². The molecule has 0 radical (unpaired) electrons. The van der Waals surface area contributed by atoms with Crippen molar-refractivity contribution in [3.05, 3.63) is 23.8 Å². The van der Waals surface area contributed by atoms with Crippen LogP contribution in [0.4, 0.5) is 11.4 Å². The van der Waals surface area contributed by atoms with Crippen molar-refractivity contribution in [2.24, 2.45) is 0 Å². The third-order valence-corrected chi connectivity index (χ3v) is 4.68. The van der Waals surface area contributed by atoms with Crippen molar-refractivity contribution in [3.63, 3.8) is 0 Å². The van der Waals surface area contributed by atoms with E-state index >= 15 is 0 Å². The minimum absolute atomic E-state index is 0.156. The Hall–Kier alpha value is -2.22. The summed E-state index contributed by atoms with van der Waals surface area (Å²) in [5.74, 6) is -1.51.